The summed E-state index contributed by atoms with van der Waals surface area (Å²) in [5.74, 6) is 1.38. The Hall–Kier alpha value is -1.64. The molecule has 2 heterocycles. The molecule has 0 aliphatic rings. The number of sulfonamides is 1. The third kappa shape index (κ3) is 3.03. The molecule has 104 valence electrons. The van der Waals surface area contributed by atoms with Gasteiger partial charge in [-0.3, -0.25) is 0 Å². The molecule has 0 saturated heterocycles. The fraction of sp³-hybridized carbons (Fsp3) is 0.364. The maximum Gasteiger partial charge on any atom is 0.274 e. The van der Waals surface area contributed by atoms with Gasteiger partial charge in [0.15, 0.2) is 0 Å². The topological polar surface area (TPSA) is 111 Å². The molecule has 0 unspecified atom stereocenters. The van der Waals surface area contributed by atoms with Crippen molar-refractivity contribution in [2.24, 2.45) is 5.73 Å². The van der Waals surface area contributed by atoms with Crippen LogP contribution in [-0.2, 0) is 23.1 Å². The molecule has 8 heteroatoms. The SMILES string of the molecule is Cc1nc(CNS(=O)(=O)c2ccc(CN)o2)oc1C. The van der Waals surface area contributed by atoms with Gasteiger partial charge in [0.25, 0.3) is 10.0 Å². The molecule has 7 nitrogen and oxygen atoms in total. The van der Waals surface area contributed by atoms with Gasteiger partial charge < -0.3 is 14.6 Å². The van der Waals surface area contributed by atoms with E-state index in [-0.39, 0.29) is 18.2 Å². The van der Waals surface area contributed by atoms with E-state index in [1.807, 2.05) is 0 Å². The minimum absolute atomic E-state index is 0.0321. The largest absolute Gasteiger partial charge is 0.447 e. The highest BCUT2D eigenvalue weighted by molar-refractivity contribution is 7.89. The van der Waals surface area contributed by atoms with E-state index in [9.17, 15) is 8.42 Å². The maximum absolute atomic E-state index is 11.9. The van der Waals surface area contributed by atoms with Crippen LogP contribution in [0.25, 0.3) is 0 Å². The van der Waals surface area contributed by atoms with Crippen molar-refractivity contribution in [3.8, 4) is 0 Å². The summed E-state index contributed by atoms with van der Waals surface area (Å²) in [6, 6.07) is 2.88. The average Bonchev–Trinajstić information content (AvgIpc) is 2.95. The van der Waals surface area contributed by atoms with Crippen molar-refractivity contribution < 1.29 is 17.3 Å². The lowest BCUT2D eigenvalue weighted by atomic mass is 10.4. The first-order valence-electron chi connectivity index (χ1n) is 5.63. The van der Waals surface area contributed by atoms with Crippen molar-refractivity contribution >= 4 is 10.0 Å². The normalized spacial score (nSPS) is 11.9. The van der Waals surface area contributed by atoms with Crippen LogP contribution in [-0.4, -0.2) is 13.4 Å². The number of hydrogen-bond donors (Lipinski definition) is 2. The summed E-state index contributed by atoms with van der Waals surface area (Å²) in [4.78, 5) is 4.08. The summed E-state index contributed by atoms with van der Waals surface area (Å²) in [6.45, 7) is 3.67. The molecule has 0 aliphatic heterocycles. The van der Waals surface area contributed by atoms with E-state index in [0.717, 1.165) is 5.69 Å². The smallest absolute Gasteiger partial charge is 0.274 e. The van der Waals surface area contributed by atoms with Gasteiger partial charge in [-0.1, -0.05) is 0 Å². The van der Waals surface area contributed by atoms with Gasteiger partial charge in [-0.15, -0.1) is 0 Å². The number of nitrogens with zero attached hydrogens (tertiary/aromatic N) is 1. The van der Waals surface area contributed by atoms with Crippen molar-refractivity contribution in [1.82, 2.24) is 9.71 Å². The van der Waals surface area contributed by atoms with Crippen molar-refractivity contribution in [2.75, 3.05) is 0 Å². The molecule has 0 spiro atoms. The predicted molar refractivity (Wildman–Crippen MR) is 66.6 cm³/mol. The average molecular weight is 285 g/mol. The van der Waals surface area contributed by atoms with Gasteiger partial charge in [0.05, 0.1) is 18.8 Å². The minimum Gasteiger partial charge on any atom is -0.447 e. The van der Waals surface area contributed by atoms with Crippen LogP contribution in [0.2, 0.25) is 0 Å². The zero-order valence-electron chi connectivity index (χ0n) is 10.6. The molecular weight excluding hydrogens is 270 g/mol. The Morgan fingerprint density at radius 3 is 2.58 bits per heavy atom. The van der Waals surface area contributed by atoms with Crippen LogP contribution in [0.4, 0.5) is 0 Å². The third-order valence-corrected chi connectivity index (χ3v) is 3.86. The summed E-state index contributed by atoms with van der Waals surface area (Å²) in [6.07, 6.45) is 0. The highest BCUT2D eigenvalue weighted by atomic mass is 32.2. The Balaban J connectivity index is 2.09. The molecule has 0 bridgehead atoms. The van der Waals surface area contributed by atoms with Crippen molar-refractivity contribution in [1.29, 1.82) is 0 Å². The predicted octanol–water partition coefficient (Wildman–Crippen LogP) is 0.822. The minimum atomic E-state index is -3.72. The summed E-state index contributed by atoms with van der Waals surface area (Å²) < 4.78 is 36.5. The fourth-order valence-corrected chi connectivity index (χ4v) is 2.37. The second-order valence-corrected chi connectivity index (χ2v) is 5.70. The summed E-state index contributed by atoms with van der Waals surface area (Å²) >= 11 is 0. The van der Waals surface area contributed by atoms with Gasteiger partial charge in [0.2, 0.25) is 11.0 Å². The number of furan rings is 1. The van der Waals surface area contributed by atoms with E-state index in [1.165, 1.54) is 12.1 Å². The van der Waals surface area contributed by atoms with E-state index in [4.69, 9.17) is 14.6 Å². The summed E-state index contributed by atoms with van der Waals surface area (Å²) in [5.41, 5.74) is 6.09. The van der Waals surface area contributed by atoms with Crippen LogP contribution in [0.5, 0.6) is 0 Å². The number of aromatic nitrogens is 1. The number of nitrogens with one attached hydrogen (secondary N) is 1. The van der Waals surface area contributed by atoms with E-state index < -0.39 is 10.0 Å². The molecule has 0 aliphatic carbocycles. The van der Waals surface area contributed by atoms with Crippen LogP contribution >= 0.6 is 0 Å². The Kier molecular flexibility index (Phi) is 3.74. The molecule has 0 radical (unpaired) electrons. The van der Waals surface area contributed by atoms with Crippen LogP contribution in [0.3, 0.4) is 0 Å². The number of rotatable bonds is 5. The molecule has 0 amide bonds. The Morgan fingerprint density at radius 1 is 1.32 bits per heavy atom. The van der Waals surface area contributed by atoms with E-state index in [1.54, 1.807) is 13.8 Å². The maximum atomic E-state index is 11.9. The zero-order chi connectivity index (χ0) is 14.0. The van der Waals surface area contributed by atoms with Crippen LogP contribution < -0.4 is 10.5 Å². The third-order valence-electron chi connectivity index (χ3n) is 2.59. The number of hydrogen-bond acceptors (Lipinski definition) is 6. The molecule has 2 rings (SSSR count). The van der Waals surface area contributed by atoms with Crippen LogP contribution in [0, 0.1) is 13.8 Å². The van der Waals surface area contributed by atoms with Crippen LogP contribution in [0.1, 0.15) is 23.1 Å². The molecule has 3 N–H and O–H groups in total. The van der Waals surface area contributed by atoms with E-state index in [2.05, 4.69) is 9.71 Å². The lowest BCUT2D eigenvalue weighted by molar-refractivity contribution is 0.410. The van der Waals surface area contributed by atoms with Gasteiger partial charge in [0.1, 0.15) is 11.5 Å². The molecule has 0 atom stereocenters. The zero-order valence-corrected chi connectivity index (χ0v) is 11.5. The Bertz CT molecular complexity index is 652. The number of aryl methyl sites for hydroxylation is 2. The quantitative estimate of drug-likeness (QED) is 0.841. The highest BCUT2D eigenvalue weighted by Crippen LogP contribution is 2.14. The summed E-state index contributed by atoms with van der Waals surface area (Å²) in [5, 5.41) is -0.173. The van der Waals surface area contributed by atoms with Gasteiger partial charge >= 0.3 is 0 Å². The Morgan fingerprint density at radius 2 is 2.05 bits per heavy atom. The van der Waals surface area contributed by atoms with E-state index >= 15 is 0 Å². The fourth-order valence-electron chi connectivity index (χ4n) is 1.46. The number of oxazole rings is 1. The summed E-state index contributed by atoms with van der Waals surface area (Å²) in [7, 11) is -3.72. The van der Waals surface area contributed by atoms with E-state index in [0.29, 0.717) is 17.4 Å². The standard InChI is InChI=1S/C11H15N3O4S/c1-7-8(2)17-10(14-7)6-13-19(15,16)11-4-3-9(5-12)18-11/h3-4,13H,5-6,12H2,1-2H3. The molecule has 2 aromatic rings. The molecule has 0 saturated carbocycles. The van der Waals surface area contributed by atoms with Crippen molar-refractivity contribution in [3.05, 3.63) is 35.2 Å². The van der Waals surface area contributed by atoms with Crippen molar-refractivity contribution in [2.45, 2.75) is 32.0 Å². The van der Waals surface area contributed by atoms with Gasteiger partial charge in [-0.25, -0.2) is 13.4 Å². The second-order valence-electron chi connectivity index (χ2n) is 4.00. The van der Waals surface area contributed by atoms with Crippen molar-refractivity contribution in [3.63, 3.8) is 0 Å². The van der Waals surface area contributed by atoms with Gasteiger partial charge in [-0.05, 0) is 26.0 Å². The highest BCUT2D eigenvalue weighted by Gasteiger charge is 2.19. The van der Waals surface area contributed by atoms with Gasteiger partial charge in [0, 0.05) is 0 Å². The Labute approximate surface area is 110 Å². The molecular formula is C11H15N3O4S. The molecule has 19 heavy (non-hydrogen) atoms. The second kappa shape index (κ2) is 5.16. The first kappa shape index (κ1) is 13.8. The molecule has 2 aromatic heterocycles. The lowest BCUT2D eigenvalue weighted by Gasteiger charge is -2.01. The lowest BCUT2D eigenvalue weighted by Crippen LogP contribution is -2.23. The van der Waals surface area contributed by atoms with Gasteiger partial charge in [-0.2, -0.15) is 4.72 Å². The monoisotopic (exact) mass is 285 g/mol. The first-order valence-corrected chi connectivity index (χ1v) is 7.12. The van der Waals surface area contributed by atoms with Crippen LogP contribution in [0.15, 0.2) is 26.1 Å². The molecule has 0 fully saturated rings. The number of nitrogens with two attached hydrogens (primary N) is 1. The first-order chi connectivity index (χ1) is 8.92. The molecule has 0 aromatic carbocycles.